The zero-order valence-electron chi connectivity index (χ0n) is 10.7. The third kappa shape index (κ3) is 7.85. The molecule has 0 aliphatic carbocycles. The topological polar surface area (TPSA) is 80.3 Å². The Morgan fingerprint density at radius 1 is 0.667 bits per heavy atom. The minimum Gasteiger partial charge on any atom is -0.545 e. The zero-order chi connectivity index (χ0) is 15.1. The van der Waals surface area contributed by atoms with Gasteiger partial charge in [0.1, 0.15) is 0 Å². The average Bonchev–Trinajstić information content (AvgIpc) is 2.40. The van der Waals surface area contributed by atoms with Gasteiger partial charge in [0.05, 0.1) is 11.9 Å². The van der Waals surface area contributed by atoms with Crippen LogP contribution in [0, 0.1) is 0 Å². The normalized spacial score (nSPS) is 8.86. The van der Waals surface area contributed by atoms with Crippen molar-refractivity contribution in [2.45, 2.75) is 0 Å². The summed E-state index contributed by atoms with van der Waals surface area (Å²) in [5.41, 5.74) is 0.286. The third-order valence-corrected chi connectivity index (χ3v) is 2.66. The van der Waals surface area contributed by atoms with Crippen LogP contribution in [-0.4, -0.2) is 57.4 Å². The van der Waals surface area contributed by atoms with Gasteiger partial charge in [0.15, 0.2) is 0 Å². The van der Waals surface area contributed by atoms with Crippen molar-refractivity contribution in [1.82, 2.24) is 0 Å². The van der Waals surface area contributed by atoms with E-state index >= 15 is 0 Å². The van der Waals surface area contributed by atoms with Crippen molar-refractivity contribution in [3.05, 3.63) is 69.7 Å². The van der Waals surface area contributed by atoms with E-state index in [-0.39, 0.29) is 56.6 Å². The number of hydrogen-bond donors (Lipinski definition) is 0. The van der Waals surface area contributed by atoms with Crippen LogP contribution in [0.2, 0.25) is 10.0 Å². The van der Waals surface area contributed by atoms with E-state index in [4.69, 9.17) is 23.2 Å². The van der Waals surface area contributed by atoms with Crippen molar-refractivity contribution < 1.29 is 19.8 Å². The predicted molar refractivity (Wildman–Crippen MR) is 77.3 cm³/mol. The molecule has 2 aromatic rings. The Morgan fingerprint density at radius 2 is 0.905 bits per heavy atom. The molecule has 0 spiro atoms. The Morgan fingerprint density at radius 3 is 1.10 bits per heavy atom. The van der Waals surface area contributed by atoms with Crippen LogP contribution < -0.4 is 10.2 Å². The van der Waals surface area contributed by atoms with Gasteiger partial charge in [-0.1, -0.05) is 47.5 Å². The molecule has 0 saturated heterocycles. The average molecular weight is 399 g/mol. The number of benzene rings is 2. The monoisotopic (exact) mass is 398 g/mol. The van der Waals surface area contributed by atoms with E-state index in [0.717, 1.165) is 0 Å². The minimum atomic E-state index is -1.18. The fourth-order valence-electron chi connectivity index (χ4n) is 1.17. The number of rotatable bonds is 2. The fourth-order valence-corrected chi connectivity index (χ4v) is 1.42. The standard InChI is InChI=1S/2C7H5ClO2.Sr/c2*8-6-3-1-5(2-4-6)7(9)10;/h2*1-4H,(H,9,10);/q;;+2/p-2. The molecule has 0 fully saturated rings. The van der Waals surface area contributed by atoms with Gasteiger partial charge in [-0.15, -0.1) is 0 Å². The maximum absolute atomic E-state index is 10.2. The van der Waals surface area contributed by atoms with Gasteiger partial charge in [0, 0.05) is 10.0 Å². The fraction of sp³-hybridized carbons (Fsp3) is 0. The molecule has 0 heterocycles. The van der Waals surface area contributed by atoms with Crippen LogP contribution in [0.3, 0.4) is 0 Å². The number of aromatic carboxylic acids is 2. The molecule has 0 atom stereocenters. The van der Waals surface area contributed by atoms with E-state index < -0.39 is 11.9 Å². The largest absolute Gasteiger partial charge is 2.00 e. The number of carbonyl (C=O) groups is 2. The number of halogens is 2. The van der Waals surface area contributed by atoms with Crippen LogP contribution in [0.4, 0.5) is 0 Å². The summed E-state index contributed by atoms with van der Waals surface area (Å²) in [6.45, 7) is 0. The summed E-state index contributed by atoms with van der Waals surface area (Å²) in [5.74, 6) is -2.37. The molecule has 0 aliphatic heterocycles. The molecule has 0 aromatic heterocycles. The van der Waals surface area contributed by atoms with Gasteiger partial charge in [-0.2, -0.15) is 0 Å². The summed E-state index contributed by atoms with van der Waals surface area (Å²) in [7, 11) is 0. The van der Waals surface area contributed by atoms with Crippen LogP contribution >= 0.6 is 23.2 Å². The summed E-state index contributed by atoms with van der Waals surface area (Å²) in [6, 6.07) is 11.6. The molecule has 2 rings (SSSR count). The predicted octanol–water partition coefficient (Wildman–Crippen LogP) is 1.03. The summed E-state index contributed by atoms with van der Waals surface area (Å²) >= 11 is 11.0. The first-order valence-corrected chi connectivity index (χ1v) is 6.09. The Kier molecular flexibility index (Phi) is 9.94. The van der Waals surface area contributed by atoms with Crippen LogP contribution in [-0.2, 0) is 0 Å². The maximum atomic E-state index is 10.2. The van der Waals surface area contributed by atoms with E-state index in [1.807, 2.05) is 0 Å². The van der Waals surface area contributed by atoms with Gasteiger partial charge in [-0.3, -0.25) is 0 Å². The summed E-state index contributed by atoms with van der Waals surface area (Å²) in [4.78, 5) is 20.3. The molecule has 2 aromatic carbocycles. The van der Waals surface area contributed by atoms with Crippen molar-refractivity contribution in [2.75, 3.05) is 0 Å². The van der Waals surface area contributed by atoms with E-state index in [2.05, 4.69) is 0 Å². The van der Waals surface area contributed by atoms with E-state index in [0.29, 0.717) is 10.0 Å². The van der Waals surface area contributed by atoms with Gasteiger partial charge in [0.25, 0.3) is 0 Å². The molecular weight excluding hydrogens is 391 g/mol. The Bertz CT molecular complexity index is 542. The summed E-state index contributed by atoms with van der Waals surface area (Å²) in [5, 5.41) is 21.4. The SMILES string of the molecule is O=C([O-])c1ccc(Cl)cc1.O=C([O-])c1ccc(Cl)cc1.[Sr+2]. The van der Waals surface area contributed by atoms with E-state index in [1.54, 1.807) is 0 Å². The minimum absolute atomic E-state index is 0. The number of carboxylic acids is 2. The Balaban J connectivity index is 0.000000364. The smallest absolute Gasteiger partial charge is 0.545 e. The molecule has 0 aliphatic rings. The van der Waals surface area contributed by atoms with Crippen molar-refractivity contribution in [3.8, 4) is 0 Å². The van der Waals surface area contributed by atoms with Crippen LogP contribution in [0.15, 0.2) is 48.5 Å². The van der Waals surface area contributed by atoms with E-state index in [9.17, 15) is 19.8 Å². The molecule has 0 N–H and O–H groups in total. The van der Waals surface area contributed by atoms with Gasteiger partial charge >= 0.3 is 45.5 Å². The summed E-state index contributed by atoms with van der Waals surface area (Å²) in [6.07, 6.45) is 0. The van der Waals surface area contributed by atoms with Crippen LogP contribution in [0.25, 0.3) is 0 Å². The molecule has 0 saturated carbocycles. The van der Waals surface area contributed by atoms with E-state index in [1.165, 1.54) is 48.5 Å². The molecule has 104 valence electrons. The second kappa shape index (κ2) is 10.2. The molecule has 4 nitrogen and oxygen atoms in total. The van der Waals surface area contributed by atoms with Gasteiger partial charge in [-0.05, 0) is 35.4 Å². The van der Waals surface area contributed by atoms with Gasteiger partial charge < -0.3 is 19.8 Å². The second-order valence-electron chi connectivity index (χ2n) is 3.59. The van der Waals surface area contributed by atoms with Crippen LogP contribution in [0.5, 0.6) is 0 Å². The van der Waals surface area contributed by atoms with Crippen molar-refractivity contribution in [3.63, 3.8) is 0 Å². The van der Waals surface area contributed by atoms with Gasteiger partial charge in [0.2, 0.25) is 0 Å². The molecule has 0 bridgehead atoms. The first kappa shape index (κ1) is 20.4. The number of hydrogen-bond acceptors (Lipinski definition) is 4. The summed E-state index contributed by atoms with van der Waals surface area (Å²) < 4.78 is 0. The Hall–Kier alpha value is -0.559. The maximum Gasteiger partial charge on any atom is 2.00 e. The molecular formula is C14H8Cl2O4Sr. The first-order valence-electron chi connectivity index (χ1n) is 5.34. The molecule has 0 amide bonds. The Labute approximate surface area is 168 Å². The number of carboxylic acid groups (broad SMARTS) is 2. The first-order chi connectivity index (χ1) is 9.40. The van der Waals surface area contributed by atoms with Crippen molar-refractivity contribution in [1.29, 1.82) is 0 Å². The second-order valence-corrected chi connectivity index (χ2v) is 4.46. The van der Waals surface area contributed by atoms with Crippen molar-refractivity contribution >= 4 is 80.6 Å². The quantitative estimate of drug-likeness (QED) is 0.708. The number of carbonyl (C=O) groups excluding carboxylic acids is 2. The molecule has 7 heteroatoms. The van der Waals surface area contributed by atoms with Gasteiger partial charge in [-0.25, -0.2) is 0 Å². The van der Waals surface area contributed by atoms with Crippen molar-refractivity contribution in [2.24, 2.45) is 0 Å². The molecule has 0 radical (unpaired) electrons. The van der Waals surface area contributed by atoms with Crippen LogP contribution in [0.1, 0.15) is 20.7 Å². The molecule has 0 unspecified atom stereocenters. The zero-order valence-corrected chi connectivity index (χ0v) is 15.7. The molecule has 21 heavy (non-hydrogen) atoms. The third-order valence-electron chi connectivity index (χ3n) is 2.16.